The van der Waals surface area contributed by atoms with Crippen LogP contribution in [0.1, 0.15) is 19.3 Å². The Hall–Kier alpha value is -2.19. The summed E-state index contributed by atoms with van der Waals surface area (Å²) in [5.74, 6) is -77.3. The van der Waals surface area contributed by atoms with Crippen LogP contribution in [0.4, 0.5) is 87.8 Å². The molecular weight excluding hydrogens is 604 g/mol. The van der Waals surface area contributed by atoms with Crippen LogP contribution in [0.15, 0.2) is 12.2 Å². The first-order valence-electron chi connectivity index (χ1n) is 8.87. The molecule has 0 rings (SSSR count). The molecule has 0 bridgehead atoms. The van der Waals surface area contributed by atoms with Crippen LogP contribution in [0.25, 0.3) is 0 Å². The van der Waals surface area contributed by atoms with Crippen molar-refractivity contribution in [3.05, 3.63) is 12.2 Å². The highest BCUT2D eigenvalue weighted by molar-refractivity contribution is 5.85. The first kappa shape index (κ1) is 35.8. The fourth-order valence-electron chi connectivity index (χ4n) is 2.35. The van der Waals surface area contributed by atoms with Gasteiger partial charge in [-0.2, -0.15) is 79.0 Å². The summed E-state index contributed by atoms with van der Waals surface area (Å²) in [5, 5.41) is 8.36. The molecule has 226 valence electrons. The molecule has 0 aromatic heterocycles. The summed E-state index contributed by atoms with van der Waals surface area (Å²) >= 11 is 0. The predicted molar refractivity (Wildman–Crippen MR) is 81.2 cm³/mol. The Bertz CT molecular complexity index is 889. The minimum Gasteiger partial charge on any atom is -0.478 e. The average molecular weight is 614 g/mol. The molecule has 0 fully saturated rings. The van der Waals surface area contributed by atoms with Crippen LogP contribution in [0, 0.1) is 0 Å². The van der Waals surface area contributed by atoms with Crippen LogP contribution in [0.5, 0.6) is 0 Å². The van der Waals surface area contributed by atoms with E-state index in [1.807, 2.05) is 0 Å². The summed E-state index contributed by atoms with van der Waals surface area (Å²) in [5.41, 5.74) is -1.09. The van der Waals surface area contributed by atoms with Gasteiger partial charge < -0.3 is 5.11 Å². The van der Waals surface area contributed by atoms with Gasteiger partial charge in [0.2, 0.25) is 0 Å². The van der Waals surface area contributed by atoms with Gasteiger partial charge in [0.05, 0.1) is 0 Å². The Morgan fingerprint density at radius 2 is 0.868 bits per heavy atom. The Morgan fingerprint density at radius 1 is 0.579 bits per heavy atom. The second kappa shape index (κ2) is 9.77. The number of carbonyl (C=O) groups is 1. The highest BCUT2D eigenvalue weighted by atomic mass is 19.4. The standard InChI is InChI=1S/C16H10F20O2/c1-5(6(37)38)3-2-4-8(19,20)10(23,24)12(27,28)14(31,32)16(35,36)15(33,34)13(29,30)11(25,26)9(21,22)7(17)18/h7H,1-4H2,(H,37,38). The highest BCUT2D eigenvalue weighted by Gasteiger charge is 2.96. The van der Waals surface area contributed by atoms with E-state index < -0.39 is 90.5 Å². The van der Waals surface area contributed by atoms with Crippen molar-refractivity contribution in [3.8, 4) is 0 Å². The third-order valence-corrected chi connectivity index (χ3v) is 4.79. The van der Waals surface area contributed by atoms with Crippen molar-refractivity contribution in [1.29, 1.82) is 0 Å². The van der Waals surface area contributed by atoms with E-state index in [2.05, 4.69) is 6.58 Å². The smallest absolute Gasteiger partial charge is 0.385 e. The maximum atomic E-state index is 13.7. The van der Waals surface area contributed by atoms with E-state index in [9.17, 15) is 92.6 Å². The van der Waals surface area contributed by atoms with E-state index in [-0.39, 0.29) is 0 Å². The first-order chi connectivity index (χ1) is 16.3. The average Bonchev–Trinajstić information content (AvgIpc) is 2.71. The number of alkyl halides is 20. The van der Waals surface area contributed by atoms with Gasteiger partial charge in [0.15, 0.2) is 0 Å². The largest absolute Gasteiger partial charge is 0.478 e. The number of hydrogen-bond donors (Lipinski definition) is 1. The second-order valence-corrected chi connectivity index (χ2v) is 7.41. The molecule has 0 unspecified atom stereocenters. The molecule has 0 aliphatic rings. The Morgan fingerprint density at radius 3 is 1.16 bits per heavy atom. The molecule has 0 atom stereocenters. The van der Waals surface area contributed by atoms with E-state index >= 15 is 0 Å². The monoisotopic (exact) mass is 614 g/mol. The maximum Gasteiger partial charge on any atom is 0.385 e. The van der Waals surface area contributed by atoms with Crippen LogP contribution in [-0.2, 0) is 4.79 Å². The zero-order valence-corrected chi connectivity index (χ0v) is 17.3. The van der Waals surface area contributed by atoms with Crippen LogP contribution >= 0.6 is 0 Å². The topological polar surface area (TPSA) is 37.3 Å². The molecule has 38 heavy (non-hydrogen) atoms. The lowest BCUT2D eigenvalue weighted by atomic mass is 9.85. The van der Waals surface area contributed by atoms with Gasteiger partial charge in [0.1, 0.15) is 0 Å². The lowest BCUT2D eigenvalue weighted by Crippen LogP contribution is -2.76. The van der Waals surface area contributed by atoms with E-state index in [0.717, 1.165) is 0 Å². The summed E-state index contributed by atoms with van der Waals surface area (Å²) in [6, 6.07) is 0. The van der Waals surface area contributed by atoms with Crippen molar-refractivity contribution in [2.24, 2.45) is 0 Å². The Balaban J connectivity index is 6.70. The fraction of sp³-hybridized carbons (Fsp3) is 0.812. The maximum absolute atomic E-state index is 13.7. The van der Waals surface area contributed by atoms with Gasteiger partial charge in [0, 0.05) is 12.0 Å². The van der Waals surface area contributed by atoms with Gasteiger partial charge in [-0.15, -0.1) is 0 Å². The molecule has 22 heteroatoms. The van der Waals surface area contributed by atoms with E-state index in [1.54, 1.807) is 0 Å². The molecule has 0 heterocycles. The van der Waals surface area contributed by atoms with Gasteiger partial charge in [0.25, 0.3) is 0 Å². The summed E-state index contributed by atoms with van der Waals surface area (Å²) in [6.45, 7) is 2.64. The molecule has 0 radical (unpaired) electrons. The number of carboxylic acids is 1. The number of rotatable bonds is 14. The molecule has 1 N–H and O–H groups in total. The van der Waals surface area contributed by atoms with Gasteiger partial charge in [-0.25, -0.2) is 13.6 Å². The minimum atomic E-state index is -9.05. The molecule has 0 aliphatic carbocycles. The lowest BCUT2D eigenvalue weighted by molar-refractivity contribution is -0.465. The van der Waals surface area contributed by atoms with Crippen molar-refractivity contribution < 1.29 is 97.7 Å². The number of carboxylic acid groups (broad SMARTS) is 1. The molecular formula is C16H10F20O2. The van der Waals surface area contributed by atoms with Crippen LogP contribution in [0.2, 0.25) is 0 Å². The van der Waals surface area contributed by atoms with Crippen molar-refractivity contribution in [3.63, 3.8) is 0 Å². The zero-order valence-electron chi connectivity index (χ0n) is 17.3. The minimum absolute atomic E-state index is 1.09. The number of halogens is 20. The lowest BCUT2D eigenvalue weighted by Gasteiger charge is -2.44. The molecule has 0 aromatic carbocycles. The van der Waals surface area contributed by atoms with Gasteiger partial charge in [-0.1, -0.05) is 6.58 Å². The van der Waals surface area contributed by atoms with Crippen molar-refractivity contribution in [2.75, 3.05) is 0 Å². The first-order valence-corrected chi connectivity index (χ1v) is 8.87. The fourth-order valence-corrected chi connectivity index (χ4v) is 2.35. The van der Waals surface area contributed by atoms with E-state index in [4.69, 9.17) is 5.11 Å². The quantitative estimate of drug-likeness (QED) is 0.160. The molecule has 0 aromatic rings. The van der Waals surface area contributed by atoms with Crippen LogP contribution in [0.3, 0.4) is 0 Å². The summed E-state index contributed by atoms with van der Waals surface area (Å²) in [6.07, 6.45) is -11.9. The van der Waals surface area contributed by atoms with E-state index in [1.165, 1.54) is 0 Å². The highest BCUT2D eigenvalue weighted by Crippen LogP contribution is 2.65. The van der Waals surface area contributed by atoms with Crippen molar-refractivity contribution in [1.82, 2.24) is 0 Å². The molecule has 0 aliphatic heterocycles. The van der Waals surface area contributed by atoms with Crippen molar-refractivity contribution in [2.45, 2.75) is 79.0 Å². The summed E-state index contributed by atoms with van der Waals surface area (Å²) < 4.78 is 265. The van der Waals surface area contributed by atoms with Gasteiger partial charge in [-0.3, -0.25) is 0 Å². The third kappa shape index (κ3) is 4.83. The van der Waals surface area contributed by atoms with E-state index in [0.29, 0.717) is 0 Å². The van der Waals surface area contributed by atoms with Crippen molar-refractivity contribution >= 4 is 5.97 Å². The van der Waals surface area contributed by atoms with Crippen LogP contribution in [-0.4, -0.2) is 70.8 Å². The second-order valence-electron chi connectivity index (χ2n) is 7.41. The zero-order chi connectivity index (χ0) is 31.4. The SMILES string of the molecule is C=C(CCCC(F)(F)C(F)(F)C(F)(F)C(F)(F)C(F)(F)C(F)(F)C(F)(F)C(F)(F)C(F)(F)C(F)F)C(=O)O. The molecule has 0 amide bonds. The summed E-state index contributed by atoms with van der Waals surface area (Å²) in [7, 11) is 0. The molecule has 0 saturated carbocycles. The van der Waals surface area contributed by atoms with Crippen LogP contribution < -0.4 is 0 Å². The normalized spacial score (nSPS) is 15.7. The number of aliphatic carboxylic acids is 1. The van der Waals surface area contributed by atoms with Gasteiger partial charge in [-0.05, 0) is 12.8 Å². The Labute approximate surface area is 196 Å². The Kier molecular flexibility index (Phi) is 9.21. The third-order valence-electron chi connectivity index (χ3n) is 4.79. The summed E-state index contributed by atoms with van der Waals surface area (Å²) in [4.78, 5) is 10.4. The molecule has 2 nitrogen and oxygen atoms in total. The molecule has 0 spiro atoms. The predicted octanol–water partition coefficient (Wildman–Crippen LogP) is 7.78. The van der Waals surface area contributed by atoms with Gasteiger partial charge >= 0.3 is 65.7 Å². The molecule has 0 saturated heterocycles. The number of hydrogen-bond acceptors (Lipinski definition) is 1.